The zero-order valence-electron chi connectivity index (χ0n) is 14.1. The molecule has 4 rings (SSSR count). The summed E-state index contributed by atoms with van der Waals surface area (Å²) in [4.78, 5) is 26.2. The zero-order valence-corrected chi connectivity index (χ0v) is 14.1. The Balaban J connectivity index is 1.40. The number of amides is 3. The number of rotatable bonds is 3. The van der Waals surface area contributed by atoms with Crippen LogP contribution in [0.4, 0.5) is 16.2 Å². The molecule has 1 fully saturated rings. The number of hydrogen-bond donors (Lipinski definition) is 2. The van der Waals surface area contributed by atoms with Gasteiger partial charge in [0.15, 0.2) is 11.5 Å². The van der Waals surface area contributed by atoms with Crippen molar-refractivity contribution in [1.29, 1.82) is 0 Å². The van der Waals surface area contributed by atoms with Gasteiger partial charge in [0.2, 0.25) is 5.91 Å². The quantitative estimate of drug-likeness (QED) is 0.888. The van der Waals surface area contributed by atoms with Crippen molar-refractivity contribution in [3.8, 4) is 11.5 Å². The number of hydrogen-bond acceptors (Lipinski definition) is 4. The number of ether oxygens (including phenoxy) is 2. The van der Waals surface area contributed by atoms with E-state index in [2.05, 4.69) is 10.6 Å². The third kappa shape index (κ3) is 3.42. The number of fused-ring (bicyclic) bond motifs is 1. The summed E-state index contributed by atoms with van der Waals surface area (Å²) in [7, 11) is 0. The molecule has 0 spiro atoms. The largest absolute Gasteiger partial charge is 0.486 e. The van der Waals surface area contributed by atoms with Crippen LogP contribution in [0, 0.1) is 0 Å². The van der Waals surface area contributed by atoms with Crippen LogP contribution in [0.1, 0.15) is 6.42 Å². The van der Waals surface area contributed by atoms with Gasteiger partial charge >= 0.3 is 6.03 Å². The van der Waals surface area contributed by atoms with Crippen LogP contribution in [-0.4, -0.2) is 37.7 Å². The molecule has 0 bridgehead atoms. The molecule has 1 atom stereocenters. The van der Waals surface area contributed by atoms with Gasteiger partial charge in [0.1, 0.15) is 13.2 Å². The van der Waals surface area contributed by atoms with Crippen molar-refractivity contribution in [3.05, 3.63) is 48.5 Å². The van der Waals surface area contributed by atoms with Gasteiger partial charge in [-0.25, -0.2) is 4.79 Å². The van der Waals surface area contributed by atoms with Gasteiger partial charge in [0.25, 0.3) is 0 Å². The number of urea groups is 1. The predicted molar refractivity (Wildman–Crippen MR) is 96.8 cm³/mol. The molecule has 7 nitrogen and oxygen atoms in total. The van der Waals surface area contributed by atoms with Crippen molar-refractivity contribution >= 4 is 23.3 Å². The van der Waals surface area contributed by atoms with E-state index in [1.807, 2.05) is 24.3 Å². The standard InChI is InChI=1S/C19H19N3O4/c23-18-10-14(21-19(24)20-13-4-2-1-3-5-13)12-22(18)15-6-7-16-17(11-15)26-9-8-25-16/h1-7,11,14H,8-10,12H2,(H2,20,21,24). The summed E-state index contributed by atoms with van der Waals surface area (Å²) in [6.07, 6.45) is 0.261. The second-order valence-electron chi connectivity index (χ2n) is 6.20. The van der Waals surface area contributed by atoms with E-state index < -0.39 is 0 Å². The lowest BCUT2D eigenvalue weighted by atomic mass is 10.2. The van der Waals surface area contributed by atoms with Gasteiger partial charge in [0, 0.05) is 30.4 Å². The Kier molecular flexibility index (Phi) is 4.35. The first-order chi connectivity index (χ1) is 12.7. The smallest absolute Gasteiger partial charge is 0.319 e. The molecule has 2 aromatic rings. The molecule has 2 aliphatic rings. The molecule has 2 aromatic carbocycles. The maximum Gasteiger partial charge on any atom is 0.319 e. The summed E-state index contributed by atoms with van der Waals surface area (Å²) in [5.74, 6) is 1.29. The first kappa shape index (κ1) is 16.3. The fraction of sp³-hybridized carbons (Fsp3) is 0.263. The van der Waals surface area contributed by atoms with E-state index in [1.165, 1.54) is 0 Å². The Bertz CT molecular complexity index is 825. The third-order valence-corrected chi connectivity index (χ3v) is 4.33. The molecule has 2 aliphatic heterocycles. The number of benzene rings is 2. The highest BCUT2D eigenvalue weighted by Gasteiger charge is 2.32. The Hall–Kier alpha value is -3.22. The summed E-state index contributed by atoms with van der Waals surface area (Å²) >= 11 is 0. The molecule has 0 aliphatic carbocycles. The number of nitrogens with one attached hydrogen (secondary N) is 2. The van der Waals surface area contributed by atoms with E-state index >= 15 is 0 Å². The SMILES string of the molecule is O=C(Nc1ccccc1)NC1CC(=O)N(c2ccc3c(c2)OCCO3)C1. The Labute approximate surface area is 150 Å². The summed E-state index contributed by atoms with van der Waals surface area (Å²) in [6.45, 7) is 1.44. The van der Waals surface area contributed by atoms with Gasteiger partial charge in [-0.3, -0.25) is 4.79 Å². The molecule has 2 N–H and O–H groups in total. The van der Waals surface area contributed by atoms with E-state index in [0.717, 1.165) is 5.69 Å². The van der Waals surface area contributed by atoms with Crippen LogP contribution in [0.3, 0.4) is 0 Å². The van der Waals surface area contributed by atoms with Crippen molar-refractivity contribution in [2.45, 2.75) is 12.5 Å². The maximum atomic E-state index is 12.4. The van der Waals surface area contributed by atoms with Gasteiger partial charge in [-0.2, -0.15) is 0 Å². The molecule has 3 amide bonds. The minimum absolute atomic E-state index is 0.0355. The highest BCUT2D eigenvalue weighted by Crippen LogP contribution is 2.35. The molecule has 7 heteroatoms. The lowest BCUT2D eigenvalue weighted by Crippen LogP contribution is -2.39. The lowest BCUT2D eigenvalue weighted by molar-refractivity contribution is -0.117. The summed E-state index contributed by atoms with van der Waals surface area (Å²) in [5.41, 5.74) is 1.45. The van der Waals surface area contributed by atoms with E-state index in [9.17, 15) is 9.59 Å². The Morgan fingerprint density at radius 3 is 2.62 bits per heavy atom. The van der Waals surface area contributed by atoms with Crippen LogP contribution < -0.4 is 25.0 Å². The van der Waals surface area contributed by atoms with Crippen molar-refractivity contribution in [2.75, 3.05) is 30.0 Å². The number of carbonyl (C=O) groups is 2. The average Bonchev–Trinajstić information content (AvgIpc) is 3.02. The molecule has 26 heavy (non-hydrogen) atoms. The maximum absolute atomic E-state index is 12.4. The number of para-hydroxylation sites is 1. The minimum atomic E-state index is -0.321. The Morgan fingerprint density at radius 2 is 1.81 bits per heavy atom. The molecular formula is C19H19N3O4. The van der Waals surface area contributed by atoms with E-state index in [0.29, 0.717) is 36.9 Å². The molecule has 0 radical (unpaired) electrons. The molecule has 2 heterocycles. The van der Waals surface area contributed by atoms with Crippen LogP contribution in [0.15, 0.2) is 48.5 Å². The molecule has 0 aromatic heterocycles. The van der Waals surface area contributed by atoms with Gasteiger partial charge in [-0.05, 0) is 24.3 Å². The van der Waals surface area contributed by atoms with Crippen molar-refractivity contribution < 1.29 is 19.1 Å². The Morgan fingerprint density at radius 1 is 1.04 bits per heavy atom. The summed E-state index contributed by atoms with van der Waals surface area (Å²) < 4.78 is 11.1. The first-order valence-electron chi connectivity index (χ1n) is 8.51. The second-order valence-corrected chi connectivity index (χ2v) is 6.20. The number of anilines is 2. The van der Waals surface area contributed by atoms with E-state index in [1.54, 1.807) is 29.2 Å². The predicted octanol–water partition coefficient (Wildman–Crippen LogP) is 2.38. The fourth-order valence-corrected chi connectivity index (χ4v) is 3.13. The van der Waals surface area contributed by atoms with Crippen molar-refractivity contribution in [2.24, 2.45) is 0 Å². The molecule has 1 saturated heterocycles. The lowest BCUT2D eigenvalue weighted by Gasteiger charge is -2.22. The van der Waals surface area contributed by atoms with Crippen molar-refractivity contribution in [1.82, 2.24) is 5.32 Å². The van der Waals surface area contributed by atoms with E-state index in [4.69, 9.17) is 9.47 Å². The van der Waals surface area contributed by atoms with Crippen LogP contribution in [0.5, 0.6) is 11.5 Å². The van der Waals surface area contributed by atoms with Crippen LogP contribution in [-0.2, 0) is 4.79 Å². The highest BCUT2D eigenvalue weighted by atomic mass is 16.6. The third-order valence-electron chi connectivity index (χ3n) is 4.33. The highest BCUT2D eigenvalue weighted by molar-refractivity contribution is 5.98. The first-order valence-corrected chi connectivity index (χ1v) is 8.51. The molecule has 1 unspecified atom stereocenters. The number of carbonyl (C=O) groups excluding carboxylic acids is 2. The van der Waals surface area contributed by atoms with Gasteiger partial charge < -0.3 is 25.0 Å². The monoisotopic (exact) mass is 353 g/mol. The van der Waals surface area contributed by atoms with Crippen LogP contribution in [0.25, 0.3) is 0 Å². The van der Waals surface area contributed by atoms with Gasteiger partial charge in [-0.1, -0.05) is 18.2 Å². The van der Waals surface area contributed by atoms with Crippen LogP contribution >= 0.6 is 0 Å². The second kappa shape index (κ2) is 6.95. The van der Waals surface area contributed by atoms with Crippen LogP contribution in [0.2, 0.25) is 0 Å². The van der Waals surface area contributed by atoms with Gasteiger partial charge in [-0.15, -0.1) is 0 Å². The zero-order chi connectivity index (χ0) is 17.9. The average molecular weight is 353 g/mol. The molecule has 134 valence electrons. The number of nitrogens with zero attached hydrogens (tertiary/aromatic N) is 1. The summed E-state index contributed by atoms with van der Waals surface area (Å²) in [5, 5.41) is 5.61. The fourth-order valence-electron chi connectivity index (χ4n) is 3.13. The van der Waals surface area contributed by atoms with Gasteiger partial charge in [0.05, 0.1) is 6.04 Å². The normalized spacial score (nSPS) is 18.5. The summed E-state index contributed by atoms with van der Waals surface area (Å²) in [6, 6.07) is 14.1. The minimum Gasteiger partial charge on any atom is -0.486 e. The molecular weight excluding hydrogens is 334 g/mol. The molecule has 0 saturated carbocycles. The van der Waals surface area contributed by atoms with E-state index in [-0.39, 0.29) is 24.4 Å². The topological polar surface area (TPSA) is 79.9 Å². The van der Waals surface area contributed by atoms with Crippen molar-refractivity contribution in [3.63, 3.8) is 0 Å².